The number of methoxy groups -OCH3 is 1. The predicted molar refractivity (Wildman–Crippen MR) is 79.9 cm³/mol. The van der Waals surface area contributed by atoms with Crippen LogP contribution in [0.25, 0.3) is 0 Å². The van der Waals surface area contributed by atoms with E-state index in [-0.39, 0.29) is 6.61 Å². The molecular weight excluding hydrogens is 341 g/mol. The highest BCUT2D eigenvalue weighted by atomic mass is 19.1. The van der Waals surface area contributed by atoms with Gasteiger partial charge < -0.3 is 34.5 Å². The predicted octanol–water partition coefficient (Wildman–Crippen LogP) is -1.01. The van der Waals surface area contributed by atoms with Gasteiger partial charge in [-0.25, -0.2) is 9.18 Å². The molecule has 2 fully saturated rings. The Labute approximate surface area is 144 Å². The Hall–Kier alpha value is -1.33. The topological polar surface area (TPSA) is 124 Å². The summed E-state index contributed by atoms with van der Waals surface area (Å²) in [7, 11) is 0.970. The van der Waals surface area contributed by atoms with Crippen LogP contribution in [0.3, 0.4) is 0 Å². The maximum Gasteiger partial charge on any atom is 0.369 e. The zero-order valence-electron chi connectivity index (χ0n) is 14.5. The summed E-state index contributed by atoms with van der Waals surface area (Å²) in [4.78, 5) is 23.1. The van der Waals surface area contributed by atoms with Gasteiger partial charge in [0.2, 0.25) is 5.91 Å². The highest BCUT2D eigenvalue weighted by Gasteiger charge is 2.58. The lowest BCUT2D eigenvalue weighted by Gasteiger charge is -2.44. The molecule has 0 saturated carbocycles. The summed E-state index contributed by atoms with van der Waals surface area (Å²) in [6, 6.07) is -0.986. The Kier molecular flexibility index (Phi) is 5.69. The van der Waals surface area contributed by atoms with Gasteiger partial charge in [-0.3, -0.25) is 4.79 Å². The van der Waals surface area contributed by atoms with E-state index in [0.717, 1.165) is 7.11 Å². The van der Waals surface area contributed by atoms with Crippen molar-refractivity contribution >= 4 is 11.9 Å². The van der Waals surface area contributed by atoms with Gasteiger partial charge in [0.05, 0.1) is 19.8 Å². The molecule has 2 rings (SSSR count). The molecule has 2 aliphatic heterocycles. The van der Waals surface area contributed by atoms with Gasteiger partial charge in [-0.05, 0) is 13.8 Å². The van der Waals surface area contributed by atoms with Gasteiger partial charge in [-0.15, -0.1) is 0 Å². The molecule has 0 radical (unpaired) electrons. The van der Waals surface area contributed by atoms with Gasteiger partial charge in [0.1, 0.15) is 18.3 Å². The lowest BCUT2D eigenvalue weighted by atomic mass is 9.89. The van der Waals surface area contributed by atoms with Crippen LogP contribution in [-0.2, 0) is 28.5 Å². The van der Waals surface area contributed by atoms with Gasteiger partial charge >= 0.3 is 5.97 Å². The van der Waals surface area contributed by atoms with Crippen LogP contribution >= 0.6 is 0 Å². The first kappa shape index (κ1) is 20.0. The molecule has 3 N–H and O–H groups in total. The Morgan fingerprint density at radius 1 is 1.36 bits per heavy atom. The zero-order chi connectivity index (χ0) is 19.0. The Balaban J connectivity index is 2.25. The lowest BCUT2D eigenvalue weighted by molar-refractivity contribution is -0.303. The van der Waals surface area contributed by atoms with Crippen LogP contribution in [-0.4, -0.2) is 77.9 Å². The molecule has 2 heterocycles. The molecule has 0 aromatic heterocycles. The van der Waals surface area contributed by atoms with Crippen LogP contribution < -0.4 is 5.32 Å². The van der Waals surface area contributed by atoms with E-state index in [1.807, 2.05) is 0 Å². The van der Waals surface area contributed by atoms with E-state index in [4.69, 9.17) is 14.2 Å². The van der Waals surface area contributed by atoms with Crippen molar-refractivity contribution in [3.05, 3.63) is 0 Å². The zero-order valence-corrected chi connectivity index (χ0v) is 14.5. The van der Waals surface area contributed by atoms with E-state index in [0.29, 0.717) is 0 Å². The third-order valence-electron chi connectivity index (χ3n) is 4.21. The van der Waals surface area contributed by atoms with Crippen molar-refractivity contribution in [3.63, 3.8) is 0 Å². The minimum atomic E-state index is -2.88. The summed E-state index contributed by atoms with van der Waals surface area (Å²) in [6.45, 7) is 4.54. The van der Waals surface area contributed by atoms with E-state index in [9.17, 15) is 24.2 Å². The second-order valence-electron chi connectivity index (χ2n) is 6.64. The van der Waals surface area contributed by atoms with Gasteiger partial charge in [-0.1, -0.05) is 0 Å². The maximum atomic E-state index is 14.3. The molecule has 0 aliphatic carbocycles. The Bertz CT molecular complexity index is 530. The molecule has 6 atom stereocenters. The number of nitrogens with one attached hydrogen (secondary N) is 1. The quantitative estimate of drug-likeness (QED) is 0.542. The summed E-state index contributed by atoms with van der Waals surface area (Å²) >= 11 is 0. The molecule has 144 valence electrons. The number of hydrogen-bond acceptors (Lipinski definition) is 8. The van der Waals surface area contributed by atoms with Gasteiger partial charge in [0, 0.05) is 13.3 Å². The number of rotatable bonds is 4. The number of halogens is 1. The van der Waals surface area contributed by atoms with E-state index in [1.54, 1.807) is 13.8 Å². The summed E-state index contributed by atoms with van der Waals surface area (Å²) in [6.07, 6.45) is -6.18. The number of ether oxygens (including phenoxy) is 4. The summed E-state index contributed by atoms with van der Waals surface area (Å²) in [5.74, 6) is -5.64. The molecule has 0 aromatic rings. The van der Waals surface area contributed by atoms with Gasteiger partial charge in [-0.2, -0.15) is 0 Å². The smallest absolute Gasteiger partial charge is 0.369 e. The van der Waals surface area contributed by atoms with Crippen molar-refractivity contribution in [2.75, 3.05) is 13.7 Å². The fourth-order valence-electron chi connectivity index (χ4n) is 3.01. The number of carbonyl (C=O) groups is 2. The van der Waals surface area contributed by atoms with Crippen molar-refractivity contribution in [2.24, 2.45) is 0 Å². The highest BCUT2D eigenvalue weighted by Crippen LogP contribution is 2.35. The van der Waals surface area contributed by atoms with E-state index in [2.05, 4.69) is 10.1 Å². The summed E-state index contributed by atoms with van der Waals surface area (Å²) in [5, 5.41) is 23.3. The molecule has 25 heavy (non-hydrogen) atoms. The summed E-state index contributed by atoms with van der Waals surface area (Å²) < 4.78 is 34.8. The first-order chi connectivity index (χ1) is 11.5. The molecular formula is C15H24FNO8. The van der Waals surface area contributed by atoms with Crippen LogP contribution in [0.2, 0.25) is 0 Å². The number of carbonyl (C=O) groups excluding carboxylic acids is 2. The minimum Gasteiger partial charge on any atom is -0.465 e. The molecule has 0 spiro atoms. The number of esters is 1. The van der Waals surface area contributed by atoms with E-state index >= 15 is 0 Å². The standard InChI is InChI=1S/C15H24FNO8/c1-7(18)17-8-5-10(16)15(21,13(20)22-4)25-12(8)11(19)9-6-23-14(2,3)24-9/h8-12,19,21H,5-6H2,1-4H3,(H,17,18)/t8-,9?,10?,11-,12?,15+/m0/s1. The summed E-state index contributed by atoms with van der Waals surface area (Å²) in [5.41, 5.74) is 0. The number of alkyl halides is 1. The maximum absolute atomic E-state index is 14.3. The molecule has 0 bridgehead atoms. The van der Waals surface area contributed by atoms with Gasteiger partial charge in [0.25, 0.3) is 5.79 Å². The van der Waals surface area contributed by atoms with E-state index < -0.39 is 60.4 Å². The van der Waals surface area contributed by atoms with Crippen LogP contribution in [0, 0.1) is 0 Å². The van der Waals surface area contributed by atoms with Crippen LogP contribution in [0.1, 0.15) is 27.2 Å². The minimum absolute atomic E-state index is 0.0243. The van der Waals surface area contributed by atoms with Crippen LogP contribution in [0.15, 0.2) is 0 Å². The first-order valence-corrected chi connectivity index (χ1v) is 7.90. The number of aliphatic hydroxyl groups is 2. The molecule has 2 aliphatic rings. The lowest BCUT2D eigenvalue weighted by Crippen LogP contribution is -2.66. The molecule has 9 nitrogen and oxygen atoms in total. The third-order valence-corrected chi connectivity index (χ3v) is 4.21. The van der Waals surface area contributed by atoms with Crippen molar-refractivity contribution < 1.29 is 43.1 Å². The monoisotopic (exact) mass is 365 g/mol. The first-order valence-electron chi connectivity index (χ1n) is 7.90. The molecule has 0 aromatic carbocycles. The van der Waals surface area contributed by atoms with Crippen molar-refractivity contribution in [3.8, 4) is 0 Å². The van der Waals surface area contributed by atoms with Crippen molar-refractivity contribution in [1.82, 2.24) is 5.32 Å². The number of aliphatic hydroxyl groups excluding tert-OH is 1. The number of amides is 1. The Morgan fingerprint density at radius 3 is 2.48 bits per heavy atom. The average Bonchev–Trinajstić information content (AvgIpc) is 2.88. The average molecular weight is 365 g/mol. The van der Waals surface area contributed by atoms with Crippen molar-refractivity contribution in [1.29, 1.82) is 0 Å². The molecule has 10 heteroatoms. The highest BCUT2D eigenvalue weighted by molar-refractivity contribution is 5.78. The third kappa shape index (κ3) is 4.09. The SMILES string of the molecule is COC(=O)[C@]1(O)OC([C@@H](O)C2COC(C)(C)O2)[C@@H](NC(C)=O)CC1F. The number of hydrogen-bond donors (Lipinski definition) is 3. The Morgan fingerprint density at radius 2 is 2.00 bits per heavy atom. The van der Waals surface area contributed by atoms with E-state index in [1.165, 1.54) is 6.92 Å². The van der Waals surface area contributed by atoms with Crippen LogP contribution in [0.5, 0.6) is 0 Å². The van der Waals surface area contributed by atoms with Crippen molar-refractivity contribution in [2.45, 2.75) is 69.3 Å². The second kappa shape index (κ2) is 7.12. The largest absolute Gasteiger partial charge is 0.465 e. The molecule has 3 unspecified atom stereocenters. The van der Waals surface area contributed by atoms with Gasteiger partial charge in [0.15, 0.2) is 12.0 Å². The van der Waals surface area contributed by atoms with Crippen LogP contribution in [0.4, 0.5) is 4.39 Å². The molecule has 2 saturated heterocycles. The fourth-order valence-corrected chi connectivity index (χ4v) is 3.01. The molecule has 1 amide bonds. The second-order valence-corrected chi connectivity index (χ2v) is 6.64. The fraction of sp³-hybridized carbons (Fsp3) is 0.867. The normalized spacial score (nSPS) is 38.8.